The molecule has 4 nitrogen and oxygen atoms in total. The van der Waals surface area contributed by atoms with Crippen molar-refractivity contribution >= 4 is 5.91 Å². The minimum Gasteiger partial charge on any atom is -0.490 e. The number of ether oxygens (including phenoxy) is 1. The molecule has 0 aliphatic carbocycles. The van der Waals surface area contributed by atoms with E-state index in [4.69, 9.17) is 4.74 Å². The molecule has 0 bridgehead atoms. The number of hydrogen-bond acceptors (Lipinski definition) is 3. The molecular formula is C16H22N2O2. The number of benzene rings is 1. The molecule has 1 saturated heterocycles. The Hall–Kier alpha value is -1.81. The summed E-state index contributed by atoms with van der Waals surface area (Å²) in [6.07, 6.45) is 3.74. The fourth-order valence-electron chi connectivity index (χ4n) is 2.36. The molecule has 108 valence electrons. The summed E-state index contributed by atoms with van der Waals surface area (Å²) in [6.45, 7) is 5.69. The summed E-state index contributed by atoms with van der Waals surface area (Å²) in [5.74, 6) is 0.995. The van der Waals surface area contributed by atoms with Gasteiger partial charge in [-0.25, -0.2) is 0 Å². The molecule has 1 aliphatic heterocycles. The Morgan fingerprint density at radius 1 is 1.50 bits per heavy atom. The van der Waals surface area contributed by atoms with Crippen LogP contribution in [0.3, 0.4) is 0 Å². The summed E-state index contributed by atoms with van der Waals surface area (Å²) in [7, 11) is 1.85. The first-order valence-electron chi connectivity index (χ1n) is 7.01. The zero-order valence-corrected chi connectivity index (χ0v) is 12.0. The third-order valence-electron chi connectivity index (χ3n) is 3.45. The minimum atomic E-state index is -0.00445. The maximum atomic E-state index is 12.2. The highest BCUT2D eigenvalue weighted by atomic mass is 16.5. The Kier molecular flexibility index (Phi) is 5.18. The number of likely N-dealkylation sites (N-methyl/N-ethyl adjacent to an activating group) is 1. The van der Waals surface area contributed by atoms with E-state index in [1.807, 2.05) is 31.3 Å². The molecule has 1 atom stereocenters. The van der Waals surface area contributed by atoms with Crippen LogP contribution in [0.25, 0.3) is 0 Å². The molecule has 20 heavy (non-hydrogen) atoms. The second-order valence-corrected chi connectivity index (χ2v) is 5.09. The molecule has 0 unspecified atom stereocenters. The average Bonchev–Trinajstić information content (AvgIpc) is 3.00. The lowest BCUT2D eigenvalue weighted by Crippen LogP contribution is -2.41. The topological polar surface area (TPSA) is 41.6 Å². The van der Waals surface area contributed by atoms with Gasteiger partial charge in [0.15, 0.2) is 0 Å². The van der Waals surface area contributed by atoms with Gasteiger partial charge in [-0.15, -0.1) is 0 Å². The van der Waals surface area contributed by atoms with E-state index in [0.717, 1.165) is 30.7 Å². The zero-order valence-electron chi connectivity index (χ0n) is 12.0. The van der Waals surface area contributed by atoms with Gasteiger partial charge in [-0.3, -0.25) is 4.79 Å². The van der Waals surface area contributed by atoms with Crippen molar-refractivity contribution in [1.29, 1.82) is 0 Å². The van der Waals surface area contributed by atoms with E-state index < -0.39 is 0 Å². The van der Waals surface area contributed by atoms with Gasteiger partial charge in [0, 0.05) is 13.6 Å². The van der Waals surface area contributed by atoms with Crippen molar-refractivity contribution in [3.05, 3.63) is 42.5 Å². The molecule has 1 heterocycles. The predicted octanol–water partition coefficient (Wildman–Crippen LogP) is 1.96. The molecule has 0 aromatic heterocycles. The molecule has 1 amide bonds. The number of rotatable bonds is 6. The summed E-state index contributed by atoms with van der Waals surface area (Å²) in [5, 5.41) is 3.23. The summed E-state index contributed by atoms with van der Waals surface area (Å²) in [5.41, 5.74) is 1.10. The monoisotopic (exact) mass is 274 g/mol. The molecule has 4 heteroatoms. The van der Waals surface area contributed by atoms with E-state index in [1.165, 1.54) is 0 Å². The van der Waals surface area contributed by atoms with Crippen molar-refractivity contribution < 1.29 is 9.53 Å². The quantitative estimate of drug-likeness (QED) is 0.806. The van der Waals surface area contributed by atoms with Crippen LogP contribution in [0.15, 0.2) is 36.9 Å². The first kappa shape index (κ1) is 14.6. The average molecular weight is 274 g/mol. The lowest BCUT2D eigenvalue weighted by molar-refractivity contribution is -0.132. The Labute approximate surface area is 120 Å². The van der Waals surface area contributed by atoms with Crippen LogP contribution >= 0.6 is 0 Å². The van der Waals surface area contributed by atoms with Gasteiger partial charge in [-0.05, 0) is 37.1 Å². The Morgan fingerprint density at radius 2 is 2.25 bits per heavy atom. The van der Waals surface area contributed by atoms with E-state index in [-0.39, 0.29) is 11.9 Å². The van der Waals surface area contributed by atoms with E-state index in [1.54, 1.807) is 11.0 Å². The molecule has 1 fully saturated rings. The van der Waals surface area contributed by atoms with Crippen molar-refractivity contribution in [3.8, 4) is 5.75 Å². The second kappa shape index (κ2) is 7.10. The molecule has 0 saturated carbocycles. The smallest absolute Gasteiger partial charge is 0.239 e. The van der Waals surface area contributed by atoms with Crippen LogP contribution in [0.4, 0.5) is 0 Å². The standard InChI is InChI=1S/C16H22N2O2/c1-3-11-20-14-8-6-13(7-9-14)12-18(2)16(19)15-5-4-10-17-15/h3,6-9,15,17H,1,4-5,10-12H2,2H3/t15-/m0/s1. The van der Waals surface area contributed by atoms with Crippen LogP contribution in [0.1, 0.15) is 18.4 Å². The molecule has 0 spiro atoms. The summed E-state index contributed by atoms with van der Waals surface area (Å²) >= 11 is 0. The molecule has 2 rings (SSSR count). The molecule has 1 N–H and O–H groups in total. The van der Waals surface area contributed by atoms with E-state index >= 15 is 0 Å². The van der Waals surface area contributed by atoms with E-state index in [0.29, 0.717) is 13.2 Å². The maximum absolute atomic E-state index is 12.2. The number of carbonyl (C=O) groups is 1. The predicted molar refractivity (Wildman–Crippen MR) is 79.6 cm³/mol. The van der Waals surface area contributed by atoms with Crippen LogP contribution < -0.4 is 10.1 Å². The van der Waals surface area contributed by atoms with Gasteiger partial charge in [0.2, 0.25) is 5.91 Å². The van der Waals surface area contributed by atoms with Gasteiger partial charge in [0.25, 0.3) is 0 Å². The molecule has 1 aliphatic rings. The number of nitrogens with zero attached hydrogens (tertiary/aromatic N) is 1. The van der Waals surface area contributed by atoms with Crippen LogP contribution in [0.5, 0.6) is 5.75 Å². The highest BCUT2D eigenvalue weighted by Gasteiger charge is 2.24. The SMILES string of the molecule is C=CCOc1ccc(CN(C)C(=O)[C@@H]2CCCN2)cc1. The Morgan fingerprint density at radius 3 is 2.85 bits per heavy atom. The molecular weight excluding hydrogens is 252 g/mol. The third kappa shape index (κ3) is 3.84. The minimum absolute atomic E-state index is 0.00445. The molecule has 0 radical (unpaired) electrons. The highest BCUT2D eigenvalue weighted by Crippen LogP contribution is 2.15. The summed E-state index contributed by atoms with van der Waals surface area (Å²) in [4.78, 5) is 14.0. The van der Waals surface area contributed by atoms with Crippen LogP contribution in [-0.4, -0.2) is 37.0 Å². The number of carbonyl (C=O) groups excluding carboxylic acids is 1. The van der Waals surface area contributed by atoms with Gasteiger partial charge >= 0.3 is 0 Å². The first-order valence-corrected chi connectivity index (χ1v) is 7.01. The normalized spacial score (nSPS) is 17.8. The maximum Gasteiger partial charge on any atom is 0.239 e. The lowest BCUT2D eigenvalue weighted by atomic mass is 10.1. The fraction of sp³-hybridized carbons (Fsp3) is 0.438. The Balaban J connectivity index is 1.88. The number of hydrogen-bond donors (Lipinski definition) is 1. The van der Waals surface area contributed by atoms with Gasteiger partial charge in [0.05, 0.1) is 6.04 Å². The summed E-state index contributed by atoms with van der Waals surface area (Å²) in [6, 6.07) is 7.82. The van der Waals surface area contributed by atoms with Gasteiger partial charge in [-0.2, -0.15) is 0 Å². The summed E-state index contributed by atoms with van der Waals surface area (Å²) < 4.78 is 5.44. The largest absolute Gasteiger partial charge is 0.490 e. The zero-order chi connectivity index (χ0) is 14.4. The Bertz CT molecular complexity index is 450. The fourth-order valence-corrected chi connectivity index (χ4v) is 2.36. The van der Waals surface area contributed by atoms with Crippen LogP contribution in [0.2, 0.25) is 0 Å². The van der Waals surface area contributed by atoms with Gasteiger partial charge in [0.1, 0.15) is 12.4 Å². The second-order valence-electron chi connectivity index (χ2n) is 5.09. The van der Waals surface area contributed by atoms with Gasteiger partial charge in [-0.1, -0.05) is 24.8 Å². The molecule has 1 aromatic rings. The van der Waals surface area contributed by atoms with Crippen molar-refractivity contribution in [2.24, 2.45) is 0 Å². The van der Waals surface area contributed by atoms with Crippen molar-refractivity contribution in [2.45, 2.75) is 25.4 Å². The van der Waals surface area contributed by atoms with Crippen LogP contribution in [0, 0.1) is 0 Å². The van der Waals surface area contributed by atoms with Crippen LogP contribution in [-0.2, 0) is 11.3 Å². The van der Waals surface area contributed by atoms with Crippen molar-refractivity contribution in [2.75, 3.05) is 20.2 Å². The number of amides is 1. The van der Waals surface area contributed by atoms with Crippen molar-refractivity contribution in [1.82, 2.24) is 10.2 Å². The third-order valence-corrected chi connectivity index (χ3v) is 3.45. The van der Waals surface area contributed by atoms with Gasteiger partial charge < -0.3 is 15.0 Å². The lowest BCUT2D eigenvalue weighted by Gasteiger charge is -2.21. The first-order chi connectivity index (χ1) is 9.70. The molecule has 1 aromatic carbocycles. The van der Waals surface area contributed by atoms with E-state index in [2.05, 4.69) is 11.9 Å². The number of nitrogens with one attached hydrogen (secondary N) is 1. The highest BCUT2D eigenvalue weighted by molar-refractivity contribution is 5.81. The van der Waals surface area contributed by atoms with E-state index in [9.17, 15) is 4.79 Å². The van der Waals surface area contributed by atoms with Crippen molar-refractivity contribution in [3.63, 3.8) is 0 Å².